The van der Waals surface area contributed by atoms with Crippen LogP contribution in [0.25, 0.3) is 0 Å². The third-order valence-electron chi connectivity index (χ3n) is 2.37. The van der Waals surface area contributed by atoms with E-state index < -0.39 is 22.5 Å². The van der Waals surface area contributed by atoms with Crippen LogP contribution in [0.15, 0.2) is 0 Å². The zero-order valence-corrected chi connectivity index (χ0v) is 15.1. The molecule has 1 atom stereocenters. The zero-order valence-electron chi connectivity index (χ0n) is 13.1. The highest BCUT2D eigenvalue weighted by molar-refractivity contribution is 6.83. The van der Waals surface area contributed by atoms with Gasteiger partial charge < -0.3 is 9.53 Å². The van der Waals surface area contributed by atoms with Crippen LogP contribution in [0.3, 0.4) is 0 Å². The fourth-order valence-electron chi connectivity index (χ4n) is 1.86. The van der Waals surface area contributed by atoms with Gasteiger partial charge in [0, 0.05) is 6.42 Å². The van der Waals surface area contributed by atoms with Crippen molar-refractivity contribution in [1.82, 2.24) is 0 Å². The van der Waals surface area contributed by atoms with Crippen molar-refractivity contribution in [3.05, 3.63) is 0 Å². The maximum atomic E-state index is 9.85. The van der Waals surface area contributed by atoms with Crippen LogP contribution in [0.2, 0.25) is 38.8 Å². The molecule has 0 aliphatic carbocycles. The van der Waals surface area contributed by atoms with E-state index in [1.54, 1.807) is 0 Å². The maximum absolute atomic E-state index is 9.85. The molecular formula is C14H30O2Si2. The normalized spacial score (nSPS) is 14.3. The van der Waals surface area contributed by atoms with Gasteiger partial charge in [-0.1, -0.05) is 33.5 Å². The molecule has 4 heteroatoms. The second-order valence-corrected chi connectivity index (χ2v) is 16.0. The third kappa shape index (κ3) is 11.0. The molecule has 0 rings (SSSR count). The molecule has 1 unspecified atom stereocenters. The first-order chi connectivity index (χ1) is 8.02. The Morgan fingerprint density at radius 2 is 1.67 bits per heavy atom. The molecule has 18 heavy (non-hydrogen) atoms. The maximum Gasteiger partial charge on any atom is 0.187 e. The molecule has 0 aliphatic heterocycles. The standard InChI is InChI=1S/C14H30O2Si2/c1-13(2)12-18(6,7)16-11-14(15)9-8-10-17(3,4)5/h13-15H,9,11-12H2,1-7H3. The summed E-state index contributed by atoms with van der Waals surface area (Å²) in [5.74, 6) is 3.76. The smallest absolute Gasteiger partial charge is 0.187 e. The Morgan fingerprint density at radius 1 is 1.11 bits per heavy atom. The monoisotopic (exact) mass is 286 g/mol. The second kappa shape index (κ2) is 7.49. The SMILES string of the molecule is CC(C)C[Si](C)(C)OCC(O)CC#C[Si](C)(C)C. The Labute approximate surface area is 115 Å². The van der Waals surface area contributed by atoms with Gasteiger partial charge in [-0.05, 0) is 25.1 Å². The summed E-state index contributed by atoms with van der Waals surface area (Å²) in [5, 5.41) is 9.85. The molecule has 0 amide bonds. The van der Waals surface area contributed by atoms with Crippen molar-refractivity contribution < 1.29 is 9.53 Å². The number of hydrogen-bond donors (Lipinski definition) is 1. The summed E-state index contributed by atoms with van der Waals surface area (Å²) in [6.07, 6.45) is 0.101. The Bertz CT molecular complexity index is 295. The lowest BCUT2D eigenvalue weighted by Crippen LogP contribution is -2.35. The van der Waals surface area contributed by atoms with E-state index in [2.05, 4.69) is 58.0 Å². The summed E-state index contributed by atoms with van der Waals surface area (Å²) >= 11 is 0. The molecule has 0 spiro atoms. The zero-order chi connectivity index (χ0) is 14.4. The first kappa shape index (κ1) is 17.9. The lowest BCUT2D eigenvalue weighted by molar-refractivity contribution is 0.106. The molecule has 0 saturated heterocycles. The summed E-state index contributed by atoms with van der Waals surface area (Å²) in [4.78, 5) is 0. The number of aliphatic hydroxyl groups excluding tert-OH is 1. The highest BCUT2D eigenvalue weighted by Crippen LogP contribution is 2.18. The van der Waals surface area contributed by atoms with Crippen molar-refractivity contribution in [3.8, 4) is 11.5 Å². The second-order valence-electron chi connectivity index (χ2n) is 7.08. The molecule has 2 nitrogen and oxygen atoms in total. The molecule has 0 radical (unpaired) electrons. The molecule has 0 bridgehead atoms. The fourth-order valence-corrected chi connectivity index (χ4v) is 5.22. The summed E-state index contributed by atoms with van der Waals surface area (Å²) in [7, 11) is -2.91. The lowest BCUT2D eigenvalue weighted by atomic mass is 10.3. The molecule has 0 aliphatic rings. The summed E-state index contributed by atoms with van der Waals surface area (Å²) < 4.78 is 5.92. The van der Waals surface area contributed by atoms with Gasteiger partial charge in [0.1, 0.15) is 8.07 Å². The van der Waals surface area contributed by atoms with E-state index in [0.29, 0.717) is 18.9 Å². The van der Waals surface area contributed by atoms with Gasteiger partial charge in [0.25, 0.3) is 0 Å². The number of aliphatic hydroxyl groups is 1. The van der Waals surface area contributed by atoms with Gasteiger partial charge in [-0.2, -0.15) is 0 Å². The summed E-state index contributed by atoms with van der Waals surface area (Å²) in [5.41, 5.74) is 3.27. The molecule has 0 aromatic carbocycles. The molecule has 1 N–H and O–H groups in total. The van der Waals surface area contributed by atoms with Gasteiger partial charge in [-0.3, -0.25) is 0 Å². The fraction of sp³-hybridized carbons (Fsp3) is 0.857. The molecule has 0 saturated carbocycles. The van der Waals surface area contributed by atoms with Crippen LogP contribution in [0.4, 0.5) is 0 Å². The Kier molecular flexibility index (Phi) is 7.45. The molecule has 0 aromatic heterocycles. The minimum absolute atomic E-state index is 0.437. The Hall–Kier alpha value is -0.0862. The Balaban J connectivity index is 4.03. The Morgan fingerprint density at radius 3 is 2.11 bits per heavy atom. The van der Waals surface area contributed by atoms with Crippen molar-refractivity contribution in [2.75, 3.05) is 6.61 Å². The van der Waals surface area contributed by atoms with E-state index in [1.807, 2.05) is 0 Å². The average molecular weight is 287 g/mol. The van der Waals surface area contributed by atoms with E-state index in [-0.39, 0.29) is 0 Å². The highest BCUT2D eigenvalue weighted by atomic mass is 28.4. The van der Waals surface area contributed by atoms with Gasteiger partial charge in [-0.25, -0.2) is 0 Å². The van der Waals surface area contributed by atoms with Crippen molar-refractivity contribution >= 4 is 16.4 Å². The minimum Gasteiger partial charge on any atom is -0.415 e. The topological polar surface area (TPSA) is 29.5 Å². The third-order valence-corrected chi connectivity index (χ3v) is 6.04. The van der Waals surface area contributed by atoms with Crippen LogP contribution in [-0.2, 0) is 4.43 Å². The van der Waals surface area contributed by atoms with Crippen molar-refractivity contribution in [1.29, 1.82) is 0 Å². The molecule has 106 valence electrons. The molecule has 0 fully saturated rings. The van der Waals surface area contributed by atoms with Crippen molar-refractivity contribution in [2.45, 2.75) is 65.2 Å². The largest absolute Gasteiger partial charge is 0.415 e. The van der Waals surface area contributed by atoms with Crippen LogP contribution < -0.4 is 0 Å². The van der Waals surface area contributed by atoms with Gasteiger partial charge >= 0.3 is 0 Å². The van der Waals surface area contributed by atoms with Crippen LogP contribution in [0.5, 0.6) is 0 Å². The van der Waals surface area contributed by atoms with Crippen LogP contribution in [0, 0.1) is 17.4 Å². The number of hydrogen-bond acceptors (Lipinski definition) is 2. The quantitative estimate of drug-likeness (QED) is 0.598. The molecular weight excluding hydrogens is 256 g/mol. The predicted molar refractivity (Wildman–Crippen MR) is 84.8 cm³/mol. The van der Waals surface area contributed by atoms with Gasteiger partial charge in [0.15, 0.2) is 8.32 Å². The number of rotatable bonds is 6. The van der Waals surface area contributed by atoms with Crippen LogP contribution >= 0.6 is 0 Å². The average Bonchev–Trinajstić information content (AvgIpc) is 2.10. The first-order valence-corrected chi connectivity index (χ1v) is 13.5. The summed E-state index contributed by atoms with van der Waals surface area (Å²) in [6.45, 7) is 15.9. The van der Waals surface area contributed by atoms with E-state index in [4.69, 9.17) is 4.43 Å². The molecule has 0 heterocycles. The predicted octanol–water partition coefficient (Wildman–Crippen LogP) is 3.50. The summed E-state index contributed by atoms with van der Waals surface area (Å²) in [6, 6.07) is 1.14. The van der Waals surface area contributed by atoms with Crippen LogP contribution in [-0.4, -0.2) is 34.2 Å². The van der Waals surface area contributed by atoms with Crippen molar-refractivity contribution in [3.63, 3.8) is 0 Å². The van der Waals surface area contributed by atoms with Gasteiger partial charge in [0.2, 0.25) is 0 Å². The highest BCUT2D eigenvalue weighted by Gasteiger charge is 2.24. The lowest BCUT2D eigenvalue weighted by Gasteiger charge is -2.25. The van der Waals surface area contributed by atoms with Gasteiger partial charge in [-0.15, -0.1) is 11.5 Å². The van der Waals surface area contributed by atoms with E-state index in [0.717, 1.165) is 6.04 Å². The minimum atomic E-state index is -1.60. The van der Waals surface area contributed by atoms with E-state index in [1.165, 1.54) is 0 Å². The van der Waals surface area contributed by atoms with E-state index in [9.17, 15) is 5.11 Å². The van der Waals surface area contributed by atoms with Crippen molar-refractivity contribution in [2.24, 2.45) is 5.92 Å². The molecule has 0 aromatic rings. The van der Waals surface area contributed by atoms with E-state index >= 15 is 0 Å². The van der Waals surface area contributed by atoms with Crippen LogP contribution in [0.1, 0.15) is 20.3 Å². The first-order valence-electron chi connectivity index (χ1n) is 6.84. The van der Waals surface area contributed by atoms with Gasteiger partial charge in [0.05, 0.1) is 12.7 Å².